The average Bonchev–Trinajstić information content (AvgIpc) is 2.51. The van der Waals surface area contributed by atoms with Crippen LogP contribution in [0, 0.1) is 16.7 Å². The van der Waals surface area contributed by atoms with Crippen molar-refractivity contribution in [1.82, 2.24) is 4.98 Å². The van der Waals surface area contributed by atoms with Crippen molar-refractivity contribution < 1.29 is 0 Å². The minimum atomic E-state index is -0.400. The van der Waals surface area contributed by atoms with Gasteiger partial charge in [0.05, 0.1) is 10.7 Å². The molecule has 0 amide bonds. The van der Waals surface area contributed by atoms with Gasteiger partial charge in [-0.25, -0.2) is 4.98 Å². The Labute approximate surface area is 136 Å². The quantitative estimate of drug-likeness (QED) is 0.443. The van der Waals surface area contributed by atoms with Crippen molar-refractivity contribution in [3.63, 3.8) is 0 Å². The second kappa shape index (κ2) is 7.45. The van der Waals surface area contributed by atoms with Crippen LogP contribution in [0.25, 0.3) is 0 Å². The number of benzene rings is 1. The molecule has 0 bridgehead atoms. The van der Waals surface area contributed by atoms with Crippen LogP contribution in [0.1, 0.15) is 0 Å². The lowest BCUT2D eigenvalue weighted by Crippen LogP contribution is -2.21. The topological polar surface area (TPSA) is 111 Å². The average molecular weight is 331 g/mol. The Morgan fingerprint density at radius 2 is 2.23 bits per heavy atom. The van der Waals surface area contributed by atoms with E-state index in [-0.39, 0.29) is 5.71 Å². The highest BCUT2D eigenvalue weighted by Gasteiger charge is 2.06. The zero-order valence-electron chi connectivity index (χ0n) is 11.2. The van der Waals surface area contributed by atoms with Gasteiger partial charge >= 0.3 is 0 Å². The smallest absolute Gasteiger partial charge is 0.201 e. The van der Waals surface area contributed by atoms with Crippen molar-refractivity contribution in [3.05, 3.63) is 47.6 Å². The second-order valence-electron chi connectivity index (χ2n) is 4.01. The number of hydrazone groups is 1. The predicted octanol–water partition coefficient (Wildman–Crippen LogP) is 3.11. The summed E-state index contributed by atoms with van der Waals surface area (Å²) in [5.41, 5.74) is 8.24. The molecule has 22 heavy (non-hydrogen) atoms. The molecule has 110 valence electrons. The highest BCUT2D eigenvalue weighted by molar-refractivity contribution is 7.99. The van der Waals surface area contributed by atoms with E-state index in [4.69, 9.17) is 28.0 Å². The fourth-order valence-corrected chi connectivity index (χ4v) is 2.51. The van der Waals surface area contributed by atoms with E-state index in [0.29, 0.717) is 10.7 Å². The van der Waals surface area contributed by atoms with Crippen LogP contribution in [0.3, 0.4) is 0 Å². The largest absolute Gasteiger partial charge is 0.382 e. The molecule has 0 unspecified atom stereocenters. The third-order valence-electron chi connectivity index (χ3n) is 2.44. The standard InChI is InChI=1S/C14H11ClN6S/c15-10-7-9(20-21-11(8-16)14(17)18)4-5-12(10)22-13-3-1-2-6-19-13/h1-7,20H,(H3,17,18)/b21-11+. The molecule has 0 aliphatic heterocycles. The Morgan fingerprint density at radius 3 is 2.82 bits per heavy atom. The number of pyridine rings is 1. The molecule has 1 aromatic carbocycles. The van der Waals surface area contributed by atoms with E-state index in [9.17, 15) is 0 Å². The molecule has 0 aliphatic carbocycles. The van der Waals surface area contributed by atoms with Crippen LogP contribution >= 0.6 is 23.4 Å². The first kappa shape index (κ1) is 15.8. The number of aromatic nitrogens is 1. The lowest BCUT2D eigenvalue weighted by Gasteiger charge is -2.06. The first-order chi connectivity index (χ1) is 10.6. The molecule has 6 nitrogen and oxygen atoms in total. The van der Waals surface area contributed by atoms with E-state index in [1.54, 1.807) is 24.4 Å². The van der Waals surface area contributed by atoms with Gasteiger partial charge in [-0.05, 0) is 30.3 Å². The van der Waals surface area contributed by atoms with Gasteiger partial charge in [-0.2, -0.15) is 10.4 Å². The molecule has 1 aromatic heterocycles. The third-order valence-corrected chi connectivity index (χ3v) is 3.89. The Balaban J connectivity index is 2.13. The summed E-state index contributed by atoms with van der Waals surface area (Å²) in [5, 5.41) is 21.0. The number of hydrogen-bond donors (Lipinski definition) is 3. The van der Waals surface area contributed by atoms with Crippen LogP contribution < -0.4 is 11.2 Å². The number of nitrogens with one attached hydrogen (secondary N) is 2. The highest BCUT2D eigenvalue weighted by Crippen LogP contribution is 2.33. The van der Waals surface area contributed by atoms with E-state index in [1.165, 1.54) is 11.8 Å². The molecule has 8 heteroatoms. The first-order valence-electron chi connectivity index (χ1n) is 6.07. The Hall–Kier alpha value is -2.56. The first-order valence-corrected chi connectivity index (χ1v) is 7.26. The maximum absolute atomic E-state index is 8.76. The van der Waals surface area contributed by atoms with Gasteiger partial charge in [0.1, 0.15) is 11.1 Å². The summed E-state index contributed by atoms with van der Waals surface area (Å²) < 4.78 is 0. The number of nitriles is 1. The van der Waals surface area contributed by atoms with Crippen molar-refractivity contribution in [3.8, 4) is 6.07 Å². The van der Waals surface area contributed by atoms with Gasteiger partial charge < -0.3 is 5.73 Å². The normalized spacial score (nSPS) is 10.8. The molecule has 2 aromatic rings. The Bertz CT molecular complexity index is 754. The predicted molar refractivity (Wildman–Crippen MR) is 88.4 cm³/mol. The lowest BCUT2D eigenvalue weighted by molar-refractivity contribution is 1.13. The molecule has 0 fully saturated rings. The zero-order valence-corrected chi connectivity index (χ0v) is 12.8. The van der Waals surface area contributed by atoms with Crippen LogP contribution in [0.2, 0.25) is 5.02 Å². The van der Waals surface area contributed by atoms with Crippen molar-refractivity contribution in [2.45, 2.75) is 9.92 Å². The SMILES string of the molecule is N#C/C(=N\Nc1ccc(Sc2ccccn2)c(Cl)c1)C(=N)N. The monoisotopic (exact) mass is 330 g/mol. The maximum Gasteiger partial charge on any atom is 0.201 e. The van der Waals surface area contributed by atoms with Gasteiger partial charge in [-0.3, -0.25) is 10.8 Å². The van der Waals surface area contributed by atoms with Crippen LogP contribution in [-0.2, 0) is 0 Å². The van der Waals surface area contributed by atoms with Crippen LogP contribution in [0.5, 0.6) is 0 Å². The molecule has 0 atom stereocenters. The molecular weight excluding hydrogens is 320 g/mol. The van der Waals surface area contributed by atoms with Gasteiger partial charge in [-0.1, -0.05) is 29.4 Å². The van der Waals surface area contributed by atoms with Gasteiger partial charge in [0.2, 0.25) is 5.71 Å². The molecule has 0 aliphatic rings. The molecule has 0 radical (unpaired) electrons. The van der Waals surface area contributed by atoms with Crippen LogP contribution in [-0.4, -0.2) is 16.5 Å². The number of nitrogens with zero attached hydrogens (tertiary/aromatic N) is 3. The summed E-state index contributed by atoms with van der Waals surface area (Å²) in [5.74, 6) is -0.400. The summed E-state index contributed by atoms with van der Waals surface area (Å²) in [6.45, 7) is 0. The summed E-state index contributed by atoms with van der Waals surface area (Å²) in [7, 11) is 0. The lowest BCUT2D eigenvalue weighted by atomic mass is 10.3. The summed E-state index contributed by atoms with van der Waals surface area (Å²) in [6, 6.07) is 12.6. The number of hydrogen-bond acceptors (Lipinski definition) is 6. The molecular formula is C14H11ClN6S. The van der Waals surface area contributed by atoms with E-state index in [1.807, 2.05) is 24.3 Å². The molecule has 4 N–H and O–H groups in total. The number of nitrogens with two attached hydrogens (primary N) is 1. The third kappa shape index (κ3) is 4.22. The van der Waals surface area contributed by atoms with Gasteiger partial charge in [0.25, 0.3) is 0 Å². The molecule has 0 saturated carbocycles. The minimum Gasteiger partial charge on any atom is -0.382 e. The van der Waals surface area contributed by atoms with E-state index in [0.717, 1.165) is 9.92 Å². The van der Waals surface area contributed by atoms with E-state index in [2.05, 4.69) is 15.5 Å². The number of rotatable bonds is 5. The van der Waals surface area contributed by atoms with Crippen molar-refractivity contribution in [2.75, 3.05) is 5.43 Å². The van der Waals surface area contributed by atoms with Crippen molar-refractivity contribution in [2.24, 2.45) is 10.8 Å². The summed E-state index contributed by atoms with van der Waals surface area (Å²) in [6.07, 6.45) is 1.71. The number of halogens is 1. The van der Waals surface area contributed by atoms with Crippen molar-refractivity contribution >= 4 is 40.6 Å². The second-order valence-corrected chi connectivity index (χ2v) is 5.48. The Morgan fingerprint density at radius 1 is 1.41 bits per heavy atom. The molecule has 0 saturated heterocycles. The fourth-order valence-electron chi connectivity index (χ4n) is 1.44. The summed E-state index contributed by atoms with van der Waals surface area (Å²) >= 11 is 7.67. The maximum atomic E-state index is 8.76. The zero-order chi connectivity index (χ0) is 15.9. The number of anilines is 1. The van der Waals surface area contributed by atoms with Crippen LogP contribution in [0.15, 0.2) is 57.6 Å². The minimum absolute atomic E-state index is 0.192. The van der Waals surface area contributed by atoms with Crippen LogP contribution in [0.4, 0.5) is 5.69 Å². The van der Waals surface area contributed by atoms with E-state index < -0.39 is 5.84 Å². The fraction of sp³-hybridized carbons (Fsp3) is 0. The molecule has 2 rings (SSSR count). The van der Waals surface area contributed by atoms with E-state index >= 15 is 0 Å². The molecule has 1 heterocycles. The van der Waals surface area contributed by atoms with Gasteiger partial charge in [0, 0.05) is 11.1 Å². The summed E-state index contributed by atoms with van der Waals surface area (Å²) in [4.78, 5) is 5.07. The van der Waals surface area contributed by atoms with Gasteiger partial charge in [-0.15, -0.1) is 0 Å². The van der Waals surface area contributed by atoms with Crippen molar-refractivity contribution in [1.29, 1.82) is 10.7 Å². The molecule has 0 spiro atoms. The highest BCUT2D eigenvalue weighted by atomic mass is 35.5. The van der Waals surface area contributed by atoms with Gasteiger partial charge in [0.15, 0.2) is 5.84 Å². The Kier molecular flexibility index (Phi) is 5.36. The number of amidine groups is 1.